The van der Waals surface area contributed by atoms with Gasteiger partial charge in [-0.05, 0) is 29.8 Å². The van der Waals surface area contributed by atoms with Gasteiger partial charge in [-0.3, -0.25) is 14.3 Å². The van der Waals surface area contributed by atoms with Crippen molar-refractivity contribution in [3.8, 4) is 11.3 Å². The summed E-state index contributed by atoms with van der Waals surface area (Å²) in [5.74, 6) is 0.120. The van der Waals surface area contributed by atoms with Crippen LogP contribution in [0.3, 0.4) is 0 Å². The molecular formula is C22H23FN4O2. The van der Waals surface area contributed by atoms with Crippen molar-refractivity contribution in [3.05, 3.63) is 76.6 Å². The zero-order valence-corrected chi connectivity index (χ0v) is 16.4. The fourth-order valence-electron chi connectivity index (χ4n) is 3.79. The molecule has 1 aromatic carbocycles. The molecule has 0 bridgehead atoms. The van der Waals surface area contributed by atoms with Crippen molar-refractivity contribution in [2.75, 3.05) is 18.0 Å². The molecule has 3 aromatic rings. The third-order valence-electron chi connectivity index (χ3n) is 5.08. The molecule has 2 aromatic heterocycles. The summed E-state index contributed by atoms with van der Waals surface area (Å²) < 4.78 is 15.2. The Morgan fingerprint density at radius 3 is 2.66 bits per heavy atom. The summed E-state index contributed by atoms with van der Waals surface area (Å²) in [5.41, 5.74) is 1.54. The lowest BCUT2D eigenvalue weighted by Gasteiger charge is -2.41. The molecule has 0 radical (unpaired) electrons. The lowest BCUT2D eigenvalue weighted by Crippen LogP contribution is -2.48. The summed E-state index contributed by atoms with van der Waals surface area (Å²) in [5, 5.41) is 10.7. The smallest absolute Gasteiger partial charge is 0.255 e. The Bertz CT molecular complexity index is 1080. The average Bonchev–Trinajstić information content (AvgIpc) is 2.68. The van der Waals surface area contributed by atoms with Crippen molar-refractivity contribution < 1.29 is 9.50 Å². The fourth-order valence-corrected chi connectivity index (χ4v) is 3.79. The van der Waals surface area contributed by atoms with Crippen molar-refractivity contribution in [2.24, 2.45) is 5.41 Å². The SMILES string of the molecule is CC1(C)CN(CC(O)c2cccc(F)c2)c2nc(-c3ccncc3)cc(=O)n2C1. The highest BCUT2D eigenvalue weighted by Gasteiger charge is 2.33. The predicted octanol–water partition coefficient (Wildman–Crippen LogP) is 3.02. The van der Waals surface area contributed by atoms with Crippen LogP contribution < -0.4 is 10.5 Å². The molecule has 0 spiro atoms. The van der Waals surface area contributed by atoms with Gasteiger partial charge in [0, 0.05) is 42.5 Å². The first kappa shape index (κ1) is 19.3. The molecule has 1 unspecified atom stereocenters. The van der Waals surface area contributed by atoms with Gasteiger partial charge in [-0.1, -0.05) is 26.0 Å². The molecule has 1 aliphatic rings. The maximum absolute atomic E-state index is 13.6. The van der Waals surface area contributed by atoms with Crippen LogP contribution >= 0.6 is 0 Å². The Morgan fingerprint density at radius 2 is 1.93 bits per heavy atom. The molecule has 29 heavy (non-hydrogen) atoms. The van der Waals surface area contributed by atoms with E-state index in [-0.39, 0.29) is 17.5 Å². The van der Waals surface area contributed by atoms with Gasteiger partial charge in [-0.2, -0.15) is 0 Å². The van der Waals surface area contributed by atoms with Crippen LogP contribution in [-0.2, 0) is 6.54 Å². The highest BCUT2D eigenvalue weighted by atomic mass is 19.1. The van der Waals surface area contributed by atoms with Gasteiger partial charge in [-0.25, -0.2) is 9.37 Å². The number of β-amino-alcohol motifs (C(OH)–C–C–N with tert-alkyl or cyclic N) is 1. The number of aromatic nitrogens is 3. The van der Waals surface area contributed by atoms with Crippen LogP contribution in [0.15, 0.2) is 59.7 Å². The summed E-state index contributed by atoms with van der Waals surface area (Å²) in [4.78, 5) is 23.5. The number of hydrogen-bond acceptors (Lipinski definition) is 5. The summed E-state index contributed by atoms with van der Waals surface area (Å²) >= 11 is 0. The molecule has 6 nitrogen and oxygen atoms in total. The van der Waals surface area contributed by atoms with E-state index in [9.17, 15) is 14.3 Å². The maximum Gasteiger partial charge on any atom is 0.255 e. The Morgan fingerprint density at radius 1 is 1.17 bits per heavy atom. The first-order valence-corrected chi connectivity index (χ1v) is 9.53. The minimum atomic E-state index is -0.908. The number of nitrogens with zero attached hydrogens (tertiary/aromatic N) is 4. The van der Waals surface area contributed by atoms with Gasteiger partial charge in [0.1, 0.15) is 5.82 Å². The Hall–Kier alpha value is -3.06. The first-order chi connectivity index (χ1) is 13.8. The third kappa shape index (κ3) is 4.05. The van der Waals surface area contributed by atoms with E-state index < -0.39 is 11.9 Å². The van der Waals surface area contributed by atoms with Crippen LogP contribution in [0.5, 0.6) is 0 Å². The molecule has 0 fully saturated rings. The molecule has 0 saturated heterocycles. The molecule has 150 valence electrons. The zero-order chi connectivity index (χ0) is 20.6. The molecule has 3 heterocycles. The van der Waals surface area contributed by atoms with Crippen LogP contribution in [0.4, 0.5) is 10.3 Å². The van der Waals surface area contributed by atoms with Crippen molar-refractivity contribution in [1.82, 2.24) is 14.5 Å². The number of anilines is 1. The maximum atomic E-state index is 13.6. The molecule has 1 atom stereocenters. The van der Waals surface area contributed by atoms with Gasteiger partial charge >= 0.3 is 0 Å². The number of rotatable bonds is 4. The van der Waals surface area contributed by atoms with Crippen molar-refractivity contribution in [2.45, 2.75) is 26.5 Å². The average molecular weight is 394 g/mol. The quantitative estimate of drug-likeness (QED) is 0.737. The predicted molar refractivity (Wildman–Crippen MR) is 109 cm³/mol. The second-order valence-corrected chi connectivity index (χ2v) is 8.22. The standard InChI is InChI=1S/C22H23FN4O2/c1-22(2)13-26(12-19(28)16-4-3-5-17(23)10-16)21-25-18(11-20(29)27(21)14-22)15-6-8-24-9-7-15/h3-11,19,28H,12-14H2,1-2H3. The first-order valence-electron chi connectivity index (χ1n) is 9.53. The van der Waals surface area contributed by atoms with Crippen molar-refractivity contribution >= 4 is 5.95 Å². The van der Waals surface area contributed by atoms with Crippen LogP contribution in [0.2, 0.25) is 0 Å². The number of benzene rings is 1. The van der Waals surface area contributed by atoms with E-state index in [1.165, 1.54) is 18.2 Å². The van der Waals surface area contributed by atoms with Gasteiger partial charge in [0.25, 0.3) is 5.56 Å². The molecule has 4 rings (SSSR count). The second-order valence-electron chi connectivity index (χ2n) is 8.22. The van der Waals surface area contributed by atoms with Crippen LogP contribution in [0, 0.1) is 11.2 Å². The largest absolute Gasteiger partial charge is 0.387 e. The zero-order valence-electron chi connectivity index (χ0n) is 16.4. The van der Waals surface area contributed by atoms with E-state index in [2.05, 4.69) is 18.8 Å². The van der Waals surface area contributed by atoms with Gasteiger partial charge in [0.15, 0.2) is 0 Å². The summed E-state index contributed by atoms with van der Waals surface area (Å²) in [6.45, 7) is 5.50. The number of fused-ring (bicyclic) bond motifs is 1. The van der Waals surface area contributed by atoms with E-state index in [4.69, 9.17) is 4.98 Å². The summed E-state index contributed by atoms with van der Waals surface area (Å²) in [7, 11) is 0. The molecule has 1 aliphatic heterocycles. The molecule has 7 heteroatoms. The number of halogens is 1. The molecule has 1 N–H and O–H groups in total. The topological polar surface area (TPSA) is 71.2 Å². The summed E-state index contributed by atoms with van der Waals surface area (Å²) in [6, 6.07) is 11.1. The van der Waals surface area contributed by atoms with E-state index in [1.54, 1.807) is 41.2 Å². The van der Waals surface area contributed by atoms with Crippen molar-refractivity contribution in [3.63, 3.8) is 0 Å². The normalized spacial score (nSPS) is 16.3. The van der Waals surface area contributed by atoms with E-state index in [0.717, 1.165) is 5.56 Å². The van der Waals surface area contributed by atoms with Gasteiger partial charge in [0.2, 0.25) is 5.95 Å². The number of pyridine rings is 1. The highest BCUT2D eigenvalue weighted by molar-refractivity contribution is 5.59. The Labute approximate surface area is 168 Å². The Balaban J connectivity index is 1.74. The monoisotopic (exact) mass is 394 g/mol. The van der Waals surface area contributed by atoms with Crippen LogP contribution in [-0.4, -0.2) is 32.7 Å². The number of aliphatic hydroxyl groups excluding tert-OH is 1. The van der Waals surface area contributed by atoms with Gasteiger partial charge < -0.3 is 10.0 Å². The lowest BCUT2D eigenvalue weighted by atomic mass is 9.90. The van der Waals surface area contributed by atoms with Crippen LogP contribution in [0.25, 0.3) is 11.3 Å². The molecular weight excluding hydrogens is 371 g/mol. The van der Waals surface area contributed by atoms with Crippen LogP contribution in [0.1, 0.15) is 25.5 Å². The molecule has 0 saturated carbocycles. The lowest BCUT2D eigenvalue weighted by molar-refractivity contribution is 0.171. The molecule has 0 aliphatic carbocycles. The second kappa shape index (κ2) is 7.40. The Kier molecular flexibility index (Phi) is 4.92. The molecule has 0 amide bonds. The minimum Gasteiger partial charge on any atom is -0.387 e. The van der Waals surface area contributed by atoms with E-state index in [1.807, 2.05) is 4.90 Å². The van der Waals surface area contributed by atoms with Gasteiger partial charge in [-0.15, -0.1) is 0 Å². The number of hydrogen-bond donors (Lipinski definition) is 1. The van der Waals surface area contributed by atoms with Crippen molar-refractivity contribution in [1.29, 1.82) is 0 Å². The highest BCUT2D eigenvalue weighted by Crippen LogP contribution is 2.31. The van der Waals surface area contributed by atoms with E-state index >= 15 is 0 Å². The fraction of sp³-hybridized carbons (Fsp3) is 0.318. The van der Waals surface area contributed by atoms with E-state index in [0.29, 0.717) is 30.3 Å². The minimum absolute atomic E-state index is 0.139. The van der Waals surface area contributed by atoms with Gasteiger partial charge in [0.05, 0.1) is 18.3 Å². The third-order valence-corrected chi connectivity index (χ3v) is 5.08. The number of aliphatic hydroxyl groups is 1. The summed E-state index contributed by atoms with van der Waals surface area (Å²) in [6.07, 6.45) is 2.40.